The number of piperazine rings is 1. The summed E-state index contributed by atoms with van der Waals surface area (Å²) in [6, 6.07) is 26.8. The summed E-state index contributed by atoms with van der Waals surface area (Å²) in [5, 5.41) is 11.6. The van der Waals surface area contributed by atoms with E-state index in [0.29, 0.717) is 66.8 Å². The number of para-hydroxylation sites is 2. The van der Waals surface area contributed by atoms with Crippen molar-refractivity contribution in [3.05, 3.63) is 125 Å². The molecule has 3 aromatic heterocycles. The Kier molecular flexibility index (Phi) is 15.4. The minimum Gasteiger partial charge on any atom is -0.490 e. The number of hydrogen-bond donors (Lipinski definition) is 2. The fourth-order valence-electron chi connectivity index (χ4n) is 12.1. The number of carbonyl (C=O) groups is 4. The van der Waals surface area contributed by atoms with Gasteiger partial charge in [-0.15, -0.1) is 0 Å². The van der Waals surface area contributed by atoms with E-state index in [9.17, 15) is 19.2 Å². The average Bonchev–Trinajstić information content (AvgIpc) is 4.15. The third kappa shape index (κ3) is 11.8. The Balaban J connectivity index is 0.714. The molecule has 2 N–H and O–H groups in total. The molecule has 0 radical (unpaired) electrons. The first kappa shape index (κ1) is 54.6. The highest BCUT2D eigenvalue weighted by Crippen LogP contribution is 2.46. The second-order valence-electron chi connectivity index (χ2n) is 22.6. The van der Waals surface area contributed by atoms with Crippen molar-refractivity contribution in [2.75, 3.05) is 54.4 Å². The van der Waals surface area contributed by atoms with E-state index in [-0.39, 0.29) is 46.8 Å². The summed E-state index contributed by atoms with van der Waals surface area (Å²) in [5.41, 5.74) is 3.39. The number of unbranched alkanes of at least 4 members (excludes halogenated alkanes) is 1. The molecule has 1 aliphatic carbocycles. The first-order valence-corrected chi connectivity index (χ1v) is 28.7. The molecular weight excluding hydrogens is 1040 g/mol. The van der Waals surface area contributed by atoms with Gasteiger partial charge in [0.2, 0.25) is 11.8 Å². The van der Waals surface area contributed by atoms with Gasteiger partial charge in [-0.05, 0) is 132 Å². The summed E-state index contributed by atoms with van der Waals surface area (Å²) >= 11 is 1.38. The van der Waals surface area contributed by atoms with Crippen molar-refractivity contribution in [1.29, 1.82) is 0 Å². The quantitative estimate of drug-likeness (QED) is 0.0603. The predicted molar refractivity (Wildman–Crippen MR) is 303 cm³/mol. The molecule has 0 bridgehead atoms. The third-order valence-electron chi connectivity index (χ3n) is 16.0. The number of thiazole rings is 1. The number of anilines is 3. The molecule has 2 saturated heterocycles. The SMILES string of the molecule is Cn1nc(C2CCC(=O)NC2=O)c2cccc(N3CCN(CCCCC4CCC(Oc5cccc(-c6ccc(N7CCc8cccc(C(=O)Nc9nc%10ccccc%10s9)c8C7)nc6C(=O)OC(C)(C)C)c5C(F)(F)F)CC4)CC3)c21. The van der Waals surface area contributed by atoms with Gasteiger partial charge < -0.3 is 19.3 Å². The topological polar surface area (TPSA) is 164 Å². The van der Waals surface area contributed by atoms with Crippen LogP contribution in [0, 0.1) is 5.92 Å². The molecule has 3 fully saturated rings. The summed E-state index contributed by atoms with van der Waals surface area (Å²) < 4.78 is 61.4. The van der Waals surface area contributed by atoms with Crippen molar-refractivity contribution in [3.63, 3.8) is 0 Å². The fourth-order valence-corrected chi connectivity index (χ4v) is 12.9. The van der Waals surface area contributed by atoms with Gasteiger partial charge in [-0.1, -0.05) is 72.7 Å². The molecule has 19 heteroatoms. The maximum atomic E-state index is 15.5. The number of ether oxygens (including phenoxy) is 2. The van der Waals surface area contributed by atoms with Gasteiger partial charge in [-0.25, -0.2) is 14.8 Å². The van der Waals surface area contributed by atoms with Crippen LogP contribution in [0.3, 0.4) is 0 Å². The molecule has 1 atom stereocenters. The number of amides is 3. The van der Waals surface area contributed by atoms with E-state index in [0.717, 1.165) is 103 Å². The number of nitrogens with zero attached hydrogens (tertiary/aromatic N) is 7. The summed E-state index contributed by atoms with van der Waals surface area (Å²) in [7, 11) is 1.91. The molecule has 7 aromatic rings. The average molecular weight is 1110 g/mol. The number of rotatable bonds is 14. The molecule has 3 amide bonds. The lowest BCUT2D eigenvalue weighted by atomic mass is 9.84. The number of alkyl halides is 3. The van der Waals surface area contributed by atoms with Gasteiger partial charge in [-0.3, -0.25) is 34.6 Å². The number of benzene rings is 4. The smallest absolute Gasteiger partial charge is 0.420 e. The molecule has 418 valence electrons. The van der Waals surface area contributed by atoms with Crippen molar-refractivity contribution >= 4 is 72.8 Å². The van der Waals surface area contributed by atoms with Crippen molar-refractivity contribution in [1.82, 2.24) is 30.0 Å². The summed E-state index contributed by atoms with van der Waals surface area (Å²) in [4.78, 5) is 68.6. The lowest BCUT2D eigenvalue weighted by Crippen LogP contribution is -2.46. The Morgan fingerprint density at radius 3 is 2.34 bits per heavy atom. The van der Waals surface area contributed by atoms with Crippen molar-refractivity contribution in [2.45, 2.75) is 115 Å². The van der Waals surface area contributed by atoms with Crippen LogP contribution in [-0.2, 0) is 40.5 Å². The standard InChI is InChI=1S/C61H66F3N9O6S/c1-60(2,3)79-58(77)54-41(25-27-50(66-54)73-31-29-38-13-9-15-42(45(38)36-73)56(75)68-59-65-46-17-5-6-20-49(46)80-59)40-14-11-19-48(52(40)61(62,63)64)78-39-23-21-37(22-24-39)12-7-8-30-71-32-34-72(35-33-71)47-18-10-16-43-53(69-70(4)55(43)47)44-26-28-51(74)67-57(44)76/h5-6,9-11,13-20,25,27,37,39,44H,7-8,12,21-24,26,28-36H2,1-4H3,(H,65,68,75)(H,67,74,76). The van der Waals surface area contributed by atoms with E-state index < -0.39 is 35.3 Å². The summed E-state index contributed by atoms with van der Waals surface area (Å²) in [5.74, 6) is -1.61. The van der Waals surface area contributed by atoms with Crippen molar-refractivity contribution < 1.29 is 41.8 Å². The van der Waals surface area contributed by atoms with Crippen LogP contribution in [0.4, 0.5) is 29.8 Å². The first-order valence-electron chi connectivity index (χ1n) is 27.8. The molecule has 4 aliphatic rings. The molecule has 1 unspecified atom stereocenters. The van der Waals surface area contributed by atoms with Gasteiger partial charge in [0, 0.05) is 74.8 Å². The maximum Gasteiger partial charge on any atom is 0.420 e. The Hall–Kier alpha value is -7.38. The monoisotopic (exact) mass is 1110 g/mol. The van der Waals surface area contributed by atoms with E-state index in [2.05, 4.69) is 31.5 Å². The van der Waals surface area contributed by atoms with Gasteiger partial charge in [-0.2, -0.15) is 18.3 Å². The Labute approximate surface area is 466 Å². The van der Waals surface area contributed by atoms with Crippen LogP contribution in [0.1, 0.15) is 128 Å². The van der Waals surface area contributed by atoms with Crippen LogP contribution in [0.25, 0.3) is 32.2 Å². The molecule has 15 nitrogen and oxygen atoms in total. The van der Waals surface area contributed by atoms with E-state index in [1.165, 1.54) is 35.6 Å². The van der Waals surface area contributed by atoms with E-state index >= 15 is 13.2 Å². The minimum atomic E-state index is -4.84. The van der Waals surface area contributed by atoms with Gasteiger partial charge in [0.05, 0.1) is 39.1 Å². The van der Waals surface area contributed by atoms with Crippen LogP contribution in [0.15, 0.2) is 91.0 Å². The molecule has 11 rings (SSSR count). The number of imide groups is 1. The van der Waals surface area contributed by atoms with Crippen molar-refractivity contribution in [2.24, 2.45) is 13.0 Å². The first-order chi connectivity index (χ1) is 38.4. The number of esters is 1. The highest BCUT2D eigenvalue weighted by molar-refractivity contribution is 7.22. The van der Waals surface area contributed by atoms with Crippen LogP contribution < -0.4 is 25.2 Å². The van der Waals surface area contributed by atoms with E-state index in [4.69, 9.17) is 19.6 Å². The number of aryl methyl sites for hydroxylation is 1. The number of carbonyl (C=O) groups excluding carboxylic acids is 4. The number of piperidine rings is 1. The third-order valence-corrected chi connectivity index (χ3v) is 17.0. The second kappa shape index (κ2) is 22.6. The predicted octanol–water partition coefficient (Wildman–Crippen LogP) is 11.5. The van der Waals surface area contributed by atoms with Crippen molar-refractivity contribution in [3.8, 4) is 16.9 Å². The van der Waals surface area contributed by atoms with Crippen LogP contribution in [0.5, 0.6) is 5.75 Å². The zero-order valence-corrected chi connectivity index (χ0v) is 46.4. The lowest BCUT2D eigenvalue weighted by molar-refractivity contribution is -0.139. The largest absolute Gasteiger partial charge is 0.490 e. The molecule has 3 aliphatic heterocycles. The zero-order valence-electron chi connectivity index (χ0n) is 45.5. The molecular formula is C61H66F3N9O6S. The number of fused-ring (bicyclic) bond motifs is 3. The number of hydrogen-bond acceptors (Lipinski definition) is 13. The second-order valence-corrected chi connectivity index (χ2v) is 23.6. The number of halogens is 3. The van der Waals surface area contributed by atoms with Gasteiger partial charge >= 0.3 is 12.1 Å². The van der Waals surface area contributed by atoms with Gasteiger partial charge in [0.25, 0.3) is 5.91 Å². The zero-order chi connectivity index (χ0) is 55.9. The van der Waals surface area contributed by atoms with E-state index in [1.807, 2.05) is 65.2 Å². The maximum absolute atomic E-state index is 15.5. The van der Waals surface area contributed by atoms with Crippen LogP contribution in [-0.4, -0.2) is 99.3 Å². The Morgan fingerprint density at radius 1 is 0.800 bits per heavy atom. The van der Waals surface area contributed by atoms with Gasteiger partial charge in [0.1, 0.15) is 22.7 Å². The molecule has 1 saturated carbocycles. The minimum absolute atomic E-state index is 0.0240. The fraction of sp³-hybridized carbons (Fsp3) is 0.426. The molecule has 6 heterocycles. The Morgan fingerprint density at radius 2 is 1.57 bits per heavy atom. The number of nitrogens with one attached hydrogen (secondary N) is 2. The molecule has 0 spiro atoms. The summed E-state index contributed by atoms with van der Waals surface area (Å²) in [6.45, 7) is 10.4. The highest BCUT2D eigenvalue weighted by Gasteiger charge is 2.40. The molecule has 4 aromatic carbocycles. The normalized spacial score (nSPS) is 19.3. The number of pyridine rings is 1. The highest BCUT2D eigenvalue weighted by atomic mass is 32.1. The number of aromatic nitrogens is 4. The van der Waals surface area contributed by atoms with Gasteiger partial charge in [0.15, 0.2) is 10.8 Å². The molecule has 80 heavy (non-hydrogen) atoms. The van der Waals surface area contributed by atoms with E-state index in [1.54, 1.807) is 32.9 Å². The lowest BCUT2D eigenvalue weighted by Gasteiger charge is -2.36. The summed E-state index contributed by atoms with van der Waals surface area (Å²) in [6.07, 6.45) is 2.25. The van der Waals surface area contributed by atoms with Crippen LogP contribution >= 0.6 is 11.3 Å². The van der Waals surface area contributed by atoms with Crippen LogP contribution in [0.2, 0.25) is 0 Å². The Bertz CT molecular complexity index is 3450.